The zero-order valence-electron chi connectivity index (χ0n) is 14.1. The predicted molar refractivity (Wildman–Crippen MR) is 89.8 cm³/mol. The lowest BCUT2D eigenvalue weighted by molar-refractivity contribution is -0.141. The molecule has 4 amide bonds. The van der Waals surface area contributed by atoms with Crippen LogP contribution in [0.25, 0.3) is 0 Å². The molecule has 10 heteroatoms. The molecule has 2 fully saturated rings. The number of fused-ring (bicyclic) bond motifs is 1. The quantitative estimate of drug-likeness (QED) is 0.760. The average Bonchev–Trinajstić information content (AvgIpc) is 2.98. The van der Waals surface area contributed by atoms with E-state index in [0.29, 0.717) is 19.6 Å². The maximum absolute atomic E-state index is 12.5. The number of sulfonamides is 1. The lowest BCUT2D eigenvalue weighted by Crippen LogP contribution is -2.70. The first kappa shape index (κ1) is 16.8. The van der Waals surface area contributed by atoms with Crippen LogP contribution in [0.1, 0.15) is 16.8 Å². The SMILES string of the molecule is CN1C(=O)NCC12CN(C(=O)CCN1C(=O)c3ccccc3S1(=O)=O)C2. The lowest BCUT2D eigenvalue weighted by atomic mass is 9.89. The number of rotatable bonds is 3. The van der Waals surface area contributed by atoms with Crippen molar-refractivity contribution in [2.24, 2.45) is 0 Å². The van der Waals surface area contributed by atoms with Crippen molar-refractivity contribution in [3.05, 3.63) is 29.8 Å². The van der Waals surface area contributed by atoms with Gasteiger partial charge in [-0.25, -0.2) is 17.5 Å². The molecular weight excluding hydrogens is 360 g/mol. The number of nitrogens with zero attached hydrogens (tertiary/aromatic N) is 3. The van der Waals surface area contributed by atoms with Crippen molar-refractivity contribution in [2.75, 3.05) is 33.2 Å². The van der Waals surface area contributed by atoms with E-state index in [-0.39, 0.29) is 40.9 Å². The summed E-state index contributed by atoms with van der Waals surface area (Å²) >= 11 is 0. The summed E-state index contributed by atoms with van der Waals surface area (Å²) in [6, 6.07) is 5.86. The molecule has 4 rings (SSSR count). The van der Waals surface area contributed by atoms with Crippen molar-refractivity contribution in [3.8, 4) is 0 Å². The first-order valence-electron chi connectivity index (χ1n) is 8.22. The highest BCUT2D eigenvalue weighted by atomic mass is 32.2. The van der Waals surface area contributed by atoms with Crippen molar-refractivity contribution in [1.29, 1.82) is 0 Å². The minimum Gasteiger partial charge on any atom is -0.338 e. The number of carbonyl (C=O) groups excluding carboxylic acids is 3. The third kappa shape index (κ3) is 2.21. The second kappa shape index (κ2) is 5.44. The zero-order valence-corrected chi connectivity index (χ0v) is 15.0. The number of urea groups is 1. The van der Waals surface area contributed by atoms with Gasteiger partial charge in [0.25, 0.3) is 15.9 Å². The standard InChI is InChI=1S/C16H18N4O5S/c1-18-15(23)17-8-16(18)9-19(10-16)13(21)6-7-20-14(22)11-4-2-3-5-12(11)26(20,24)25/h2-5H,6-10H2,1H3,(H,17,23). The molecule has 0 atom stereocenters. The minimum absolute atomic E-state index is 0.0162. The summed E-state index contributed by atoms with van der Waals surface area (Å²) in [6.45, 7) is 1.11. The fraction of sp³-hybridized carbons (Fsp3) is 0.438. The molecule has 0 unspecified atom stereocenters. The van der Waals surface area contributed by atoms with Crippen molar-refractivity contribution in [2.45, 2.75) is 16.9 Å². The van der Waals surface area contributed by atoms with Crippen LogP contribution in [-0.2, 0) is 14.8 Å². The van der Waals surface area contributed by atoms with E-state index in [0.717, 1.165) is 4.31 Å². The monoisotopic (exact) mass is 378 g/mol. The Balaban J connectivity index is 1.39. The summed E-state index contributed by atoms with van der Waals surface area (Å²) in [7, 11) is -2.20. The topological polar surface area (TPSA) is 107 Å². The predicted octanol–water partition coefficient (Wildman–Crippen LogP) is -0.543. The van der Waals surface area contributed by atoms with Crippen LogP contribution < -0.4 is 5.32 Å². The van der Waals surface area contributed by atoms with Gasteiger partial charge in [0.2, 0.25) is 5.91 Å². The molecule has 138 valence electrons. The van der Waals surface area contributed by atoms with E-state index in [2.05, 4.69) is 5.32 Å². The van der Waals surface area contributed by atoms with E-state index in [1.54, 1.807) is 29.0 Å². The molecule has 2 saturated heterocycles. The molecule has 3 aliphatic heterocycles. The number of amides is 4. The van der Waals surface area contributed by atoms with Crippen LogP contribution in [0.3, 0.4) is 0 Å². The minimum atomic E-state index is -3.89. The van der Waals surface area contributed by atoms with Crippen LogP contribution in [0.15, 0.2) is 29.2 Å². The number of hydrogen-bond acceptors (Lipinski definition) is 5. The summed E-state index contributed by atoms with van der Waals surface area (Å²) in [6.07, 6.45) is -0.0832. The Morgan fingerprint density at radius 2 is 1.92 bits per heavy atom. The molecule has 0 bridgehead atoms. The van der Waals surface area contributed by atoms with Gasteiger partial charge in [0.1, 0.15) is 4.90 Å². The number of likely N-dealkylation sites (N-methyl/N-ethyl adjacent to an activating group) is 1. The third-order valence-electron chi connectivity index (χ3n) is 5.35. The Kier molecular flexibility index (Phi) is 3.52. The van der Waals surface area contributed by atoms with Gasteiger partial charge in [0.15, 0.2) is 0 Å². The van der Waals surface area contributed by atoms with Gasteiger partial charge in [-0.15, -0.1) is 0 Å². The van der Waals surface area contributed by atoms with Gasteiger partial charge >= 0.3 is 6.03 Å². The lowest BCUT2D eigenvalue weighted by Gasteiger charge is -2.50. The molecule has 1 spiro atoms. The van der Waals surface area contributed by atoms with E-state index in [1.807, 2.05) is 0 Å². The summed E-state index contributed by atoms with van der Waals surface area (Å²) in [5, 5.41) is 2.74. The average molecular weight is 378 g/mol. The molecule has 1 N–H and O–H groups in total. The van der Waals surface area contributed by atoms with E-state index in [9.17, 15) is 22.8 Å². The fourth-order valence-corrected chi connectivity index (χ4v) is 5.23. The Morgan fingerprint density at radius 1 is 1.23 bits per heavy atom. The highest BCUT2D eigenvalue weighted by molar-refractivity contribution is 7.90. The van der Waals surface area contributed by atoms with E-state index in [4.69, 9.17) is 0 Å². The van der Waals surface area contributed by atoms with Gasteiger partial charge in [-0.05, 0) is 12.1 Å². The van der Waals surface area contributed by atoms with Crippen LogP contribution in [0.4, 0.5) is 4.79 Å². The van der Waals surface area contributed by atoms with Crippen molar-refractivity contribution >= 4 is 27.9 Å². The van der Waals surface area contributed by atoms with Gasteiger partial charge in [-0.3, -0.25) is 9.59 Å². The molecule has 3 heterocycles. The normalized spacial score (nSPS) is 22.4. The molecule has 9 nitrogen and oxygen atoms in total. The summed E-state index contributed by atoms with van der Waals surface area (Å²) < 4.78 is 25.7. The molecule has 1 aromatic rings. The van der Waals surface area contributed by atoms with Crippen LogP contribution in [0.2, 0.25) is 0 Å². The van der Waals surface area contributed by atoms with E-state index in [1.165, 1.54) is 12.1 Å². The van der Waals surface area contributed by atoms with Crippen LogP contribution in [0, 0.1) is 0 Å². The van der Waals surface area contributed by atoms with Gasteiger partial charge in [0.05, 0.1) is 11.1 Å². The number of nitrogens with one attached hydrogen (secondary N) is 1. The summed E-state index contributed by atoms with van der Waals surface area (Å²) in [5.74, 6) is -0.832. The maximum atomic E-state index is 12.5. The third-order valence-corrected chi connectivity index (χ3v) is 7.19. The molecule has 0 aromatic heterocycles. The molecule has 0 aliphatic carbocycles. The van der Waals surface area contributed by atoms with Gasteiger partial charge in [-0.1, -0.05) is 12.1 Å². The Labute approximate surface area is 150 Å². The first-order chi connectivity index (χ1) is 12.3. The molecule has 26 heavy (non-hydrogen) atoms. The molecule has 0 radical (unpaired) electrons. The van der Waals surface area contributed by atoms with E-state index >= 15 is 0 Å². The summed E-state index contributed by atoms with van der Waals surface area (Å²) in [4.78, 5) is 39.4. The van der Waals surface area contributed by atoms with Crippen LogP contribution >= 0.6 is 0 Å². The molecule has 3 aliphatic rings. The number of benzene rings is 1. The van der Waals surface area contributed by atoms with Crippen molar-refractivity contribution in [1.82, 2.24) is 19.4 Å². The smallest absolute Gasteiger partial charge is 0.317 e. The Hall–Kier alpha value is -2.62. The highest BCUT2D eigenvalue weighted by Crippen LogP contribution is 2.32. The molecular formula is C16H18N4O5S. The molecule has 1 aromatic carbocycles. The summed E-state index contributed by atoms with van der Waals surface area (Å²) in [5.41, 5.74) is -0.238. The van der Waals surface area contributed by atoms with Crippen molar-refractivity contribution in [3.63, 3.8) is 0 Å². The molecule has 0 saturated carbocycles. The van der Waals surface area contributed by atoms with E-state index < -0.39 is 15.9 Å². The van der Waals surface area contributed by atoms with Crippen molar-refractivity contribution < 1.29 is 22.8 Å². The highest BCUT2D eigenvalue weighted by Gasteiger charge is 2.53. The number of hydrogen-bond donors (Lipinski definition) is 1. The maximum Gasteiger partial charge on any atom is 0.317 e. The Bertz CT molecular complexity index is 922. The van der Waals surface area contributed by atoms with Crippen LogP contribution in [-0.4, -0.2) is 79.1 Å². The number of carbonyl (C=O) groups is 3. The number of likely N-dealkylation sites (tertiary alicyclic amines) is 1. The first-order valence-corrected chi connectivity index (χ1v) is 9.66. The van der Waals surface area contributed by atoms with Gasteiger partial charge in [-0.2, -0.15) is 0 Å². The fourth-order valence-electron chi connectivity index (χ4n) is 3.66. The largest absolute Gasteiger partial charge is 0.338 e. The Morgan fingerprint density at radius 3 is 2.54 bits per heavy atom. The van der Waals surface area contributed by atoms with Gasteiger partial charge < -0.3 is 15.1 Å². The van der Waals surface area contributed by atoms with Crippen LogP contribution in [0.5, 0.6) is 0 Å². The van der Waals surface area contributed by atoms with Gasteiger partial charge in [0, 0.05) is 39.6 Å². The second-order valence-electron chi connectivity index (χ2n) is 6.82. The second-order valence-corrected chi connectivity index (χ2v) is 8.65. The zero-order chi connectivity index (χ0) is 18.7.